The lowest BCUT2D eigenvalue weighted by molar-refractivity contribution is -0.137. The number of amides is 1. The fourth-order valence-corrected chi connectivity index (χ4v) is 3.42. The highest BCUT2D eigenvalue weighted by atomic mass is 32.1. The molecule has 1 N–H and O–H groups in total. The molecule has 1 amide bonds. The second kappa shape index (κ2) is 6.89. The van der Waals surface area contributed by atoms with Crippen molar-refractivity contribution in [1.82, 2.24) is 9.47 Å². The van der Waals surface area contributed by atoms with Gasteiger partial charge in [0.1, 0.15) is 6.54 Å². The summed E-state index contributed by atoms with van der Waals surface area (Å²) in [7, 11) is 0. The number of carbonyl (C=O) groups excluding carboxylic acids is 1. The van der Waals surface area contributed by atoms with Crippen LogP contribution in [0.4, 0.5) is 0 Å². The molecule has 0 spiro atoms. The smallest absolute Gasteiger partial charge is 0.307 e. The first kappa shape index (κ1) is 15.8. The quantitative estimate of drug-likeness (QED) is 0.889. The number of carboxylic acid groups (broad SMARTS) is 1. The van der Waals surface area contributed by atoms with Crippen LogP contribution in [0.25, 0.3) is 0 Å². The van der Waals surface area contributed by atoms with Crippen molar-refractivity contribution < 1.29 is 14.7 Å². The number of aryl methyl sites for hydroxylation is 1. The number of aliphatic carboxylic acids is 1. The van der Waals surface area contributed by atoms with Crippen molar-refractivity contribution in [3.63, 3.8) is 0 Å². The van der Waals surface area contributed by atoms with Gasteiger partial charge in [-0.1, -0.05) is 11.3 Å². The highest BCUT2D eigenvalue weighted by molar-refractivity contribution is 7.07. The molecule has 2 heterocycles. The van der Waals surface area contributed by atoms with Crippen molar-refractivity contribution >= 4 is 23.2 Å². The second-order valence-electron chi connectivity index (χ2n) is 5.51. The Balaban J connectivity index is 1.93. The fraction of sp³-hybridized carbons (Fsp3) is 0.643. The van der Waals surface area contributed by atoms with Crippen molar-refractivity contribution in [2.24, 2.45) is 5.92 Å². The Morgan fingerprint density at radius 2 is 2.24 bits per heavy atom. The van der Waals surface area contributed by atoms with Crippen molar-refractivity contribution in [3.8, 4) is 0 Å². The molecule has 0 aliphatic carbocycles. The summed E-state index contributed by atoms with van der Waals surface area (Å²) in [5.74, 6) is -0.600. The number of likely N-dealkylation sites (tertiary alicyclic amines) is 1. The maximum absolute atomic E-state index is 12.3. The number of aromatic nitrogens is 1. The van der Waals surface area contributed by atoms with Crippen LogP contribution in [-0.4, -0.2) is 39.5 Å². The topological polar surface area (TPSA) is 79.6 Å². The Hall–Kier alpha value is -1.63. The third-order valence-electron chi connectivity index (χ3n) is 3.91. The maximum atomic E-state index is 12.3. The van der Waals surface area contributed by atoms with E-state index in [1.54, 1.807) is 10.3 Å². The number of piperidine rings is 1. The van der Waals surface area contributed by atoms with Crippen molar-refractivity contribution in [2.75, 3.05) is 13.1 Å². The van der Waals surface area contributed by atoms with E-state index in [4.69, 9.17) is 5.11 Å². The SMILES string of the molecule is Cc1csc(=O)n1CC(=O)N1CCCC(CCC(=O)O)C1. The zero-order valence-electron chi connectivity index (χ0n) is 12.1. The minimum absolute atomic E-state index is 0.0568. The normalized spacial score (nSPS) is 18.7. The van der Waals surface area contributed by atoms with Crippen molar-refractivity contribution in [2.45, 2.75) is 39.2 Å². The number of carbonyl (C=O) groups is 2. The Morgan fingerprint density at radius 1 is 1.48 bits per heavy atom. The summed E-state index contributed by atoms with van der Waals surface area (Å²) in [6.07, 6.45) is 2.62. The molecule has 0 radical (unpaired) electrons. The van der Waals surface area contributed by atoms with Crippen LogP contribution in [0.15, 0.2) is 10.2 Å². The first-order valence-corrected chi connectivity index (χ1v) is 8.00. The summed E-state index contributed by atoms with van der Waals surface area (Å²) in [5, 5.41) is 10.5. The summed E-state index contributed by atoms with van der Waals surface area (Å²) >= 11 is 1.10. The average molecular weight is 312 g/mol. The third-order valence-corrected chi connectivity index (χ3v) is 4.79. The number of nitrogens with zero attached hydrogens (tertiary/aromatic N) is 2. The molecule has 6 nitrogen and oxygen atoms in total. The van der Waals surface area contributed by atoms with Crippen LogP contribution < -0.4 is 4.87 Å². The van der Waals surface area contributed by atoms with Gasteiger partial charge in [-0.15, -0.1) is 0 Å². The molecule has 1 atom stereocenters. The summed E-state index contributed by atoms with van der Waals surface area (Å²) in [6, 6.07) is 0. The van der Waals surface area contributed by atoms with E-state index in [2.05, 4.69) is 0 Å². The molecule has 1 aliphatic rings. The van der Waals surface area contributed by atoms with Gasteiger partial charge < -0.3 is 10.0 Å². The van der Waals surface area contributed by atoms with Gasteiger partial charge in [0.2, 0.25) is 5.91 Å². The summed E-state index contributed by atoms with van der Waals surface area (Å²) in [6.45, 7) is 3.20. The zero-order chi connectivity index (χ0) is 15.4. The highest BCUT2D eigenvalue weighted by Crippen LogP contribution is 2.21. The van der Waals surface area contributed by atoms with E-state index in [0.29, 0.717) is 19.5 Å². The van der Waals surface area contributed by atoms with E-state index in [1.807, 2.05) is 6.92 Å². The third kappa shape index (κ3) is 4.17. The molecule has 1 aromatic heterocycles. The lowest BCUT2D eigenvalue weighted by atomic mass is 9.93. The monoisotopic (exact) mass is 312 g/mol. The minimum atomic E-state index is -0.793. The van der Waals surface area contributed by atoms with Gasteiger partial charge in [0.15, 0.2) is 0 Å². The van der Waals surface area contributed by atoms with Crippen LogP contribution >= 0.6 is 11.3 Å². The van der Waals surface area contributed by atoms with Crippen LogP contribution in [-0.2, 0) is 16.1 Å². The molecule has 116 valence electrons. The fourth-order valence-electron chi connectivity index (χ4n) is 2.69. The molecule has 1 unspecified atom stereocenters. The number of carboxylic acids is 1. The van der Waals surface area contributed by atoms with Crippen LogP contribution in [0.2, 0.25) is 0 Å². The molecule has 2 rings (SSSR count). The molecular formula is C14H20N2O4S. The van der Waals surface area contributed by atoms with Crippen molar-refractivity contribution in [3.05, 3.63) is 20.7 Å². The standard InChI is InChI=1S/C14H20N2O4S/c1-10-9-21-14(20)16(10)8-12(17)15-6-2-3-11(7-15)4-5-13(18)19/h9,11H,2-8H2,1H3,(H,18,19). The summed E-state index contributed by atoms with van der Waals surface area (Å²) in [4.78, 5) is 36.2. The van der Waals surface area contributed by atoms with Crippen molar-refractivity contribution in [1.29, 1.82) is 0 Å². The van der Waals surface area contributed by atoms with E-state index >= 15 is 0 Å². The first-order valence-electron chi connectivity index (χ1n) is 7.12. The Labute approximate surface area is 127 Å². The lowest BCUT2D eigenvalue weighted by Crippen LogP contribution is -2.42. The summed E-state index contributed by atoms with van der Waals surface area (Å²) < 4.78 is 1.49. The maximum Gasteiger partial charge on any atom is 0.307 e. The predicted octanol–water partition coefficient (Wildman–Crippen LogP) is 1.32. The second-order valence-corrected chi connectivity index (χ2v) is 6.33. The molecule has 7 heteroatoms. The summed E-state index contributed by atoms with van der Waals surface area (Å²) in [5.41, 5.74) is 0.804. The number of hydrogen-bond donors (Lipinski definition) is 1. The molecule has 0 bridgehead atoms. The van der Waals surface area contributed by atoms with E-state index < -0.39 is 5.97 Å². The number of rotatable bonds is 5. The largest absolute Gasteiger partial charge is 0.481 e. The van der Waals surface area contributed by atoms with Gasteiger partial charge in [-0.2, -0.15) is 0 Å². The van der Waals surface area contributed by atoms with Gasteiger partial charge >= 0.3 is 10.8 Å². The number of thiazole rings is 1. The lowest BCUT2D eigenvalue weighted by Gasteiger charge is -2.32. The average Bonchev–Trinajstić information content (AvgIpc) is 2.77. The van der Waals surface area contributed by atoms with Crippen LogP contribution in [0.5, 0.6) is 0 Å². The molecule has 1 aromatic rings. The highest BCUT2D eigenvalue weighted by Gasteiger charge is 2.24. The van der Waals surface area contributed by atoms with Gasteiger partial charge in [-0.25, -0.2) is 0 Å². The van der Waals surface area contributed by atoms with E-state index in [1.165, 1.54) is 4.57 Å². The molecule has 1 fully saturated rings. The minimum Gasteiger partial charge on any atom is -0.481 e. The molecule has 1 saturated heterocycles. The Bertz CT molecular complexity index is 578. The van der Waals surface area contributed by atoms with Crippen LogP contribution in [0, 0.1) is 12.8 Å². The van der Waals surface area contributed by atoms with Gasteiger partial charge in [-0.3, -0.25) is 19.0 Å². The van der Waals surface area contributed by atoms with E-state index in [9.17, 15) is 14.4 Å². The first-order chi connectivity index (χ1) is 9.97. The molecular weight excluding hydrogens is 292 g/mol. The van der Waals surface area contributed by atoms with Gasteiger partial charge in [0.25, 0.3) is 0 Å². The van der Waals surface area contributed by atoms with E-state index in [0.717, 1.165) is 29.9 Å². The zero-order valence-corrected chi connectivity index (χ0v) is 12.9. The van der Waals surface area contributed by atoms with Crippen LogP contribution in [0.3, 0.4) is 0 Å². The van der Waals surface area contributed by atoms with Gasteiger partial charge in [-0.05, 0) is 32.1 Å². The molecule has 1 aliphatic heterocycles. The molecule has 0 saturated carbocycles. The predicted molar refractivity (Wildman–Crippen MR) is 79.5 cm³/mol. The van der Waals surface area contributed by atoms with Crippen LogP contribution in [0.1, 0.15) is 31.4 Å². The Kier molecular flexibility index (Phi) is 5.17. The Morgan fingerprint density at radius 3 is 2.86 bits per heavy atom. The molecule has 21 heavy (non-hydrogen) atoms. The van der Waals surface area contributed by atoms with Gasteiger partial charge in [0.05, 0.1) is 0 Å². The molecule has 0 aromatic carbocycles. The van der Waals surface area contributed by atoms with E-state index in [-0.39, 0.29) is 29.7 Å². The van der Waals surface area contributed by atoms with Gasteiger partial charge in [0, 0.05) is 30.6 Å². The number of hydrogen-bond acceptors (Lipinski definition) is 4.